The van der Waals surface area contributed by atoms with Crippen LogP contribution in [-0.2, 0) is 24.1 Å². The molecule has 0 amide bonds. The molecule has 0 saturated heterocycles. The van der Waals surface area contributed by atoms with Crippen LogP contribution in [0.5, 0.6) is 0 Å². The molecule has 4 nitrogen and oxygen atoms in total. The minimum Gasteiger partial charge on any atom is -0.550 e. The highest BCUT2D eigenvalue weighted by Crippen LogP contribution is 2.40. The van der Waals surface area contributed by atoms with Crippen molar-refractivity contribution in [2.75, 3.05) is 0 Å². The van der Waals surface area contributed by atoms with E-state index in [1.807, 2.05) is 6.07 Å². The van der Waals surface area contributed by atoms with E-state index < -0.39 is 5.97 Å². The Bertz CT molecular complexity index is 872. The van der Waals surface area contributed by atoms with Crippen LogP contribution in [-0.4, -0.2) is 11.0 Å². The molecule has 0 bridgehead atoms. The van der Waals surface area contributed by atoms with Gasteiger partial charge in [0, 0.05) is 17.3 Å². The molecule has 118 valence electrons. The second-order valence-electron chi connectivity index (χ2n) is 5.36. The summed E-state index contributed by atoms with van der Waals surface area (Å²) in [5, 5.41) is 11.0. The maximum atomic E-state index is 11.0. The summed E-state index contributed by atoms with van der Waals surface area (Å²) in [6.07, 6.45) is 3.10. The molecule has 3 aromatic rings. The first-order valence-corrected chi connectivity index (χ1v) is 9.18. The van der Waals surface area contributed by atoms with Crippen LogP contribution in [0.1, 0.15) is 22.6 Å². The highest BCUT2D eigenvalue weighted by atomic mass is 35.5. The second-order valence-corrected chi connectivity index (χ2v) is 8.21. The molecule has 4 rings (SSSR count). The lowest BCUT2D eigenvalue weighted by atomic mass is 10.2. The zero-order chi connectivity index (χ0) is 16.0. The van der Waals surface area contributed by atoms with Gasteiger partial charge in [-0.1, -0.05) is 11.6 Å². The summed E-state index contributed by atoms with van der Waals surface area (Å²) >= 11 is 8.98. The summed E-state index contributed by atoms with van der Waals surface area (Å²) in [5.41, 5.74) is 1.73. The predicted molar refractivity (Wildman–Crippen MR) is 88.9 cm³/mol. The van der Waals surface area contributed by atoms with E-state index in [1.54, 1.807) is 17.4 Å². The van der Waals surface area contributed by atoms with Gasteiger partial charge < -0.3 is 14.3 Å². The van der Waals surface area contributed by atoms with Gasteiger partial charge in [0.2, 0.25) is 5.89 Å². The molecule has 1 aliphatic rings. The summed E-state index contributed by atoms with van der Waals surface area (Å²) in [6, 6.07) is 5.67. The van der Waals surface area contributed by atoms with E-state index in [-0.39, 0.29) is 6.42 Å². The fraction of sp³-hybridized carbons (Fsp3) is 0.250. The molecule has 0 radical (unpaired) electrons. The Morgan fingerprint density at radius 2 is 2.17 bits per heavy atom. The molecule has 0 saturated carbocycles. The van der Waals surface area contributed by atoms with Crippen molar-refractivity contribution < 1.29 is 14.3 Å². The van der Waals surface area contributed by atoms with Gasteiger partial charge in [0.1, 0.15) is 0 Å². The molecule has 23 heavy (non-hydrogen) atoms. The molecule has 0 fully saturated rings. The molecule has 0 aliphatic heterocycles. The minimum absolute atomic E-state index is 0.278. The Hall–Kier alpha value is -1.63. The Labute approximate surface area is 145 Å². The Balaban J connectivity index is 1.78. The van der Waals surface area contributed by atoms with Crippen LogP contribution in [0.25, 0.3) is 21.4 Å². The molecule has 1 aliphatic carbocycles. The first-order valence-electron chi connectivity index (χ1n) is 7.17. The second kappa shape index (κ2) is 5.78. The topological polar surface area (TPSA) is 66.2 Å². The lowest BCUT2D eigenvalue weighted by Gasteiger charge is -1.99. The van der Waals surface area contributed by atoms with Crippen LogP contribution in [0, 0.1) is 0 Å². The predicted octanol–water partition coefficient (Wildman–Crippen LogP) is 3.57. The van der Waals surface area contributed by atoms with Crippen molar-refractivity contribution in [3.05, 3.63) is 38.7 Å². The normalized spacial score (nSPS) is 13.4. The molecular weight excluding hydrogens is 354 g/mol. The number of aliphatic carboxylic acids is 1. The van der Waals surface area contributed by atoms with Crippen LogP contribution >= 0.6 is 34.3 Å². The van der Waals surface area contributed by atoms with Crippen LogP contribution in [0.4, 0.5) is 0 Å². The van der Waals surface area contributed by atoms with Gasteiger partial charge in [-0.05, 0) is 43.0 Å². The Morgan fingerprint density at radius 1 is 1.30 bits per heavy atom. The van der Waals surface area contributed by atoms with Gasteiger partial charge in [-0.2, -0.15) is 0 Å². The third kappa shape index (κ3) is 2.82. The highest BCUT2D eigenvalue weighted by Gasteiger charge is 2.22. The lowest BCUT2D eigenvalue weighted by Crippen LogP contribution is -2.24. The van der Waals surface area contributed by atoms with E-state index >= 15 is 0 Å². The van der Waals surface area contributed by atoms with Crippen molar-refractivity contribution in [2.45, 2.75) is 25.7 Å². The quantitative estimate of drug-likeness (QED) is 0.709. The van der Waals surface area contributed by atoms with Gasteiger partial charge in [0.25, 0.3) is 0 Å². The zero-order valence-corrected chi connectivity index (χ0v) is 14.3. The van der Waals surface area contributed by atoms with Crippen LogP contribution < -0.4 is 5.11 Å². The van der Waals surface area contributed by atoms with Crippen LogP contribution in [0.2, 0.25) is 4.34 Å². The number of carbonyl (C=O) groups excluding carboxylic acids is 1. The molecule has 7 heteroatoms. The number of hydrogen-bond acceptors (Lipinski definition) is 6. The Kier molecular flexibility index (Phi) is 3.75. The summed E-state index contributed by atoms with van der Waals surface area (Å²) < 4.78 is 6.52. The number of hydrogen-bond donors (Lipinski definition) is 0. The zero-order valence-electron chi connectivity index (χ0n) is 11.9. The maximum Gasteiger partial charge on any atom is 0.237 e. The lowest BCUT2D eigenvalue weighted by molar-refractivity contribution is -0.304. The molecule has 0 atom stereocenters. The van der Waals surface area contributed by atoms with E-state index in [9.17, 15) is 9.90 Å². The third-order valence-corrected chi connectivity index (χ3v) is 6.22. The molecule has 3 aromatic heterocycles. The highest BCUT2D eigenvalue weighted by molar-refractivity contribution is 7.19. The third-order valence-electron chi connectivity index (χ3n) is 3.76. The number of thiophene rings is 2. The van der Waals surface area contributed by atoms with Crippen LogP contribution in [0.3, 0.4) is 0 Å². The fourth-order valence-electron chi connectivity index (χ4n) is 2.78. The number of oxazole rings is 1. The number of aryl methyl sites for hydroxylation is 2. The summed E-state index contributed by atoms with van der Waals surface area (Å²) in [7, 11) is 0. The number of rotatable bonds is 4. The SMILES string of the molecule is O=C([O-])Cc1nc(-c2cc3c(s2)CCC3)oc1-c1ccc(Cl)s1. The fourth-order valence-corrected chi connectivity index (χ4v) is 5.00. The van der Waals surface area contributed by atoms with Gasteiger partial charge >= 0.3 is 0 Å². The van der Waals surface area contributed by atoms with Gasteiger partial charge in [0.05, 0.1) is 19.8 Å². The smallest absolute Gasteiger partial charge is 0.237 e. The molecule has 0 aromatic carbocycles. The molecule has 0 N–H and O–H groups in total. The van der Waals surface area contributed by atoms with Crippen molar-refractivity contribution in [1.29, 1.82) is 0 Å². The van der Waals surface area contributed by atoms with Gasteiger partial charge in [-0.25, -0.2) is 4.98 Å². The maximum absolute atomic E-state index is 11.0. The average Bonchev–Trinajstić information content (AvgIpc) is 3.19. The number of carboxylic acids is 1. The van der Waals surface area contributed by atoms with Crippen LogP contribution in [0.15, 0.2) is 22.6 Å². The largest absolute Gasteiger partial charge is 0.550 e. The van der Waals surface area contributed by atoms with E-state index in [0.717, 1.165) is 22.6 Å². The molecule has 0 spiro atoms. The van der Waals surface area contributed by atoms with Crippen molar-refractivity contribution in [1.82, 2.24) is 4.98 Å². The number of halogens is 1. The minimum atomic E-state index is -1.18. The standard InChI is InChI=1S/C16H12ClNO3S2/c17-13-5-4-11(23-13)15-9(7-14(19)20)18-16(21-15)12-6-8-2-1-3-10(8)22-12/h4-6H,1-3,7H2,(H,19,20)/p-1. The first-order chi connectivity index (χ1) is 11.1. The summed E-state index contributed by atoms with van der Waals surface area (Å²) in [5.74, 6) is -0.239. The van der Waals surface area contributed by atoms with Crippen molar-refractivity contribution in [3.63, 3.8) is 0 Å². The molecule has 3 heterocycles. The van der Waals surface area contributed by atoms with E-state index in [1.165, 1.54) is 28.2 Å². The van der Waals surface area contributed by atoms with E-state index in [4.69, 9.17) is 16.0 Å². The number of fused-ring (bicyclic) bond motifs is 1. The monoisotopic (exact) mass is 364 g/mol. The van der Waals surface area contributed by atoms with Crippen molar-refractivity contribution in [3.8, 4) is 21.4 Å². The number of carbonyl (C=O) groups is 1. The van der Waals surface area contributed by atoms with E-state index in [0.29, 0.717) is 21.7 Å². The molecular formula is C16H11ClNO3S2-. The Morgan fingerprint density at radius 3 is 2.87 bits per heavy atom. The van der Waals surface area contributed by atoms with Crippen molar-refractivity contribution in [2.24, 2.45) is 0 Å². The summed E-state index contributed by atoms with van der Waals surface area (Å²) in [6.45, 7) is 0. The average molecular weight is 365 g/mol. The number of carboxylic acid groups (broad SMARTS) is 1. The van der Waals surface area contributed by atoms with Gasteiger partial charge in [-0.15, -0.1) is 22.7 Å². The van der Waals surface area contributed by atoms with Crippen molar-refractivity contribution >= 4 is 40.2 Å². The van der Waals surface area contributed by atoms with E-state index in [2.05, 4.69) is 11.1 Å². The van der Waals surface area contributed by atoms with Gasteiger partial charge in [-0.3, -0.25) is 0 Å². The van der Waals surface area contributed by atoms with Gasteiger partial charge in [0.15, 0.2) is 5.76 Å². The summed E-state index contributed by atoms with van der Waals surface area (Å²) in [4.78, 5) is 18.5. The first kappa shape index (κ1) is 14.9. The molecule has 0 unspecified atom stereocenters. The number of aromatic nitrogens is 1. The number of nitrogens with zero attached hydrogens (tertiary/aromatic N) is 1.